The topological polar surface area (TPSA) is 49.2 Å². The van der Waals surface area contributed by atoms with Crippen molar-refractivity contribution < 1.29 is 5.11 Å². The second-order valence-electron chi connectivity index (χ2n) is 4.58. The molecular weight excluding hydrogens is 210 g/mol. The van der Waals surface area contributed by atoms with E-state index in [4.69, 9.17) is 0 Å². The van der Waals surface area contributed by atoms with Crippen molar-refractivity contribution in [3.05, 3.63) is 5.82 Å². The molecule has 2 fully saturated rings. The minimum atomic E-state index is -0.419. The van der Waals surface area contributed by atoms with E-state index in [1.54, 1.807) is 0 Å². The van der Waals surface area contributed by atoms with Gasteiger partial charge in [0.1, 0.15) is 11.4 Å². The summed E-state index contributed by atoms with van der Waals surface area (Å²) in [5.74, 6) is 1.46. The van der Waals surface area contributed by atoms with Gasteiger partial charge < -0.3 is 10.0 Å². The van der Waals surface area contributed by atoms with Gasteiger partial charge in [-0.2, -0.15) is 4.37 Å². The summed E-state index contributed by atoms with van der Waals surface area (Å²) in [6, 6.07) is 0. The maximum atomic E-state index is 10.2. The van der Waals surface area contributed by atoms with Crippen LogP contribution in [0.25, 0.3) is 0 Å². The molecule has 0 atom stereocenters. The molecule has 2 heterocycles. The first-order valence-corrected chi connectivity index (χ1v) is 6.28. The van der Waals surface area contributed by atoms with Crippen LogP contribution in [0.1, 0.15) is 25.6 Å². The van der Waals surface area contributed by atoms with Crippen molar-refractivity contribution in [3.63, 3.8) is 0 Å². The van der Waals surface area contributed by atoms with E-state index in [0.717, 1.165) is 30.5 Å². The zero-order valence-corrected chi connectivity index (χ0v) is 9.63. The third kappa shape index (κ3) is 1.54. The monoisotopic (exact) mass is 225 g/mol. The first-order chi connectivity index (χ1) is 7.21. The van der Waals surface area contributed by atoms with Gasteiger partial charge in [0.25, 0.3) is 0 Å². The highest BCUT2D eigenvalue weighted by atomic mass is 32.1. The summed E-state index contributed by atoms with van der Waals surface area (Å²) in [6.45, 7) is 3.55. The first kappa shape index (κ1) is 9.54. The SMILES string of the molecule is CCc1nsc(N2CC(O)(C3CC3)C2)n1. The molecule has 3 rings (SSSR count). The van der Waals surface area contributed by atoms with Gasteiger partial charge >= 0.3 is 0 Å². The predicted molar refractivity (Wildman–Crippen MR) is 59.2 cm³/mol. The lowest BCUT2D eigenvalue weighted by Gasteiger charge is -2.46. The minimum Gasteiger partial charge on any atom is -0.386 e. The summed E-state index contributed by atoms with van der Waals surface area (Å²) < 4.78 is 4.25. The Kier molecular flexibility index (Phi) is 2.01. The highest BCUT2D eigenvalue weighted by molar-refractivity contribution is 7.09. The maximum absolute atomic E-state index is 10.2. The Morgan fingerprint density at radius 3 is 2.80 bits per heavy atom. The molecule has 0 amide bonds. The van der Waals surface area contributed by atoms with Gasteiger partial charge in [-0.15, -0.1) is 0 Å². The molecule has 0 spiro atoms. The zero-order valence-electron chi connectivity index (χ0n) is 8.81. The van der Waals surface area contributed by atoms with Gasteiger partial charge in [0, 0.05) is 18.0 Å². The lowest BCUT2D eigenvalue weighted by molar-refractivity contribution is -0.00933. The molecule has 1 saturated carbocycles. The molecule has 1 aliphatic carbocycles. The highest BCUT2D eigenvalue weighted by Gasteiger charge is 2.52. The van der Waals surface area contributed by atoms with Crippen molar-refractivity contribution in [1.29, 1.82) is 0 Å². The fraction of sp³-hybridized carbons (Fsp3) is 0.800. The van der Waals surface area contributed by atoms with Gasteiger partial charge in [0.05, 0.1) is 13.1 Å². The molecule has 4 nitrogen and oxygen atoms in total. The first-order valence-electron chi connectivity index (χ1n) is 5.51. The molecule has 82 valence electrons. The lowest BCUT2D eigenvalue weighted by Crippen LogP contribution is -2.63. The van der Waals surface area contributed by atoms with E-state index in [0.29, 0.717) is 5.92 Å². The van der Waals surface area contributed by atoms with Crippen molar-refractivity contribution in [3.8, 4) is 0 Å². The van der Waals surface area contributed by atoms with Crippen LogP contribution in [-0.4, -0.2) is 33.2 Å². The molecule has 1 aromatic heterocycles. The van der Waals surface area contributed by atoms with Gasteiger partial charge in [-0.3, -0.25) is 0 Å². The quantitative estimate of drug-likeness (QED) is 0.835. The Bertz CT molecular complexity index is 368. The molecule has 1 saturated heterocycles. The van der Waals surface area contributed by atoms with Crippen LogP contribution in [0.15, 0.2) is 0 Å². The van der Waals surface area contributed by atoms with Gasteiger partial charge in [-0.25, -0.2) is 4.98 Å². The Labute approximate surface area is 93.1 Å². The fourth-order valence-electron chi connectivity index (χ4n) is 2.15. The van der Waals surface area contributed by atoms with Crippen LogP contribution in [0.3, 0.4) is 0 Å². The minimum absolute atomic E-state index is 0.419. The molecule has 1 aromatic rings. The Hall–Kier alpha value is -0.680. The van der Waals surface area contributed by atoms with Crippen LogP contribution >= 0.6 is 11.5 Å². The Balaban J connectivity index is 1.66. The number of rotatable bonds is 3. The summed E-state index contributed by atoms with van der Waals surface area (Å²) in [5.41, 5.74) is -0.419. The normalized spacial score (nSPS) is 24.0. The number of hydrogen-bond acceptors (Lipinski definition) is 5. The number of β-amino-alcohol motifs (C(OH)–C–C–N with tert-alkyl or cyclic N) is 1. The van der Waals surface area contributed by atoms with Gasteiger partial charge in [-0.05, 0) is 18.8 Å². The van der Waals surface area contributed by atoms with Crippen LogP contribution in [0, 0.1) is 5.92 Å². The van der Waals surface area contributed by atoms with E-state index in [-0.39, 0.29) is 0 Å². The predicted octanol–water partition coefficient (Wildman–Crippen LogP) is 1.06. The molecule has 2 aliphatic rings. The van der Waals surface area contributed by atoms with Crippen molar-refractivity contribution in [2.75, 3.05) is 18.0 Å². The van der Waals surface area contributed by atoms with Crippen LogP contribution in [-0.2, 0) is 6.42 Å². The van der Waals surface area contributed by atoms with E-state index in [2.05, 4.69) is 21.2 Å². The molecule has 0 radical (unpaired) electrons. The fourth-order valence-corrected chi connectivity index (χ4v) is 2.89. The summed E-state index contributed by atoms with van der Waals surface area (Å²) in [7, 11) is 0. The van der Waals surface area contributed by atoms with Gasteiger partial charge in [-0.1, -0.05) is 6.92 Å². The van der Waals surface area contributed by atoms with Crippen LogP contribution in [0.2, 0.25) is 0 Å². The summed E-state index contributed by atoms with van der Waals surface area (Å²) >= 11 is 1.44. The molecule has 1 aliphatic heterocycles. The number of nitrogens with zero attached hydrogens (tertiary/aromatic N) is 3. The van der Waals surface area contributed by atoms with Crippen molar-refractivity contribution in [2.45, 2.75) is 31.8 Å². The van der Waals surface area contributed by atoms with Crippen LogP contribution < -0.4 is 4.90 Å². The van der Waals surface area contributed by atoms with Crippen molar-refractivity contribution >= 4 is 16.7 Å². The summed E-state index contributed by atoms with van der Waals surface area (Å²) in [4.78, 5) is 6.55. The Morgan fingerprint density at radius 1 is 1.53 bits per heavy atom. The van der Waals surface area contributed by atoms with E-state index >= 15 is 0 Å². The molecule has 5 heteroatoms. The zero-order chi connectivity index (χ0) is 10.5. The number of aliphatic hydroxyl groups is 1. The van der Waals surface area contributed by atoms with Gasteiger partial charge in [0.2, 0.25) is 5.13 Å². The average molecular weight is 225 g/mol. The molecule has 1 N–H and O–H groups in total. The maximum Gasteiger partial charge on any atom is 0.205 e. The van der Waals surface area contributed by atoms with Crippen LogP contribution in [0.5, 0.6) is 0 Å². The van der Waals surface area contributed by atoms with E-state index in [9.17, 15) is 5.11 Å². The number of anilines is 1. The van der Waals surface area contributed by atoms with Gasteiger partial charge in [0.15, 0.2) is 0 Å². The number of aryl methyl sites for hydroxylation is 1. The average Bonchev–Trinajstić information content (AvgIpc) is 2.93. The second-order valence-corrected chi connectivity index (χ2v) is 5.31. The summed E-state index contributed by atoms with van der Waals surface area (Å²) in [5, 5.41) is 11.1. The summed E-state index contributed by atoms with van der Waals surface area (Å²) in [6.07, 6.45) is 3.28. The third-order valence-corrected chi connectivity index (χ3v) is 4.13. The molecule has 15 heavy (non-hydrogen) atoms. The third-order valence-electron chi connectivity index (χ3n) is 3.31. The smallest absolute Gasteiger partial charge is 0.205 e. The Morgan fingerprint density at radius 2 is 2.27 bits per heavy atom. The van der Waals surface area contributed by atoms with Crippen molar-refractivity contribution in [2.24, 2.45) is 5.92 Å². The molecule has 0 aromatic carbocycles. The largest absolute Gasteiger partial charge is 0.386 e. The van der Waals surface area contributed by atoms with Crippen molar-refractivity contribution in [1.82, 2.24) is 9.36 Å². The second kappa shape index (κ2) is 3.15. The number of aromatic nitrogens is 2. The van der Waals surface area contributed by atoms with Crippen LogP contribution in [0.4, 0.5) is 5.13 Å². The van der Waals surface area contributed by atoms with E-state index < -0.39 is 5.60 Å². The number of hydrogen-bond donors (Lipinski definition) is 1. The van der Waals surface area contributed by atoms with E-state index in [1.807, 2.05) is 0 Å². The van der Waals surface area contributed by atoms with E-state index in [1.165, 1.54) is 24.4 Å². The standard InChI is InChI=1S/C10H15N3OS/c1-2-8-11-9(15-12-8)13-5-10(14,6-13)7-3-4-7/h7,14H,2-6H2,1H3. The lowest BCUT2D eigenvalue weighted by atomic mass is 9.89. The molecule has 0 bridgehead atoms. The molecule has 0 unspecified atom stereocenters. The molecular formula is C10H15N3OS. The highest BCUT2D eigenvalue weighted by Crippen LogP contribution is 2.45.